The van der Waals surface area contributed by atoms with Crippen LogP contribution in [0.5, 0.6) is 0 Å². The van der Waals surface area contributed by atoms with Crippen LogP contribution in [0.3, 0.4) is 0 Å². The number of benzene rings is 1. The van der Waals surface area contributed by atoms with Gasteiger partial charge in [-0.15, -0.1) is 0 Å². The Morgan fingerprint density at radius 1 is 1.21 bits per heavy atom. The molecule has 1 heterocycles. The Morgan fingerprint density at radius 3 is 2.48 bits per heavy atom. The molecule has 0 radical (unpaired) electrons. The number of aryl methyl sites for hydroxylation is 3. The molecular weight excluding hydrogens is 372 g/mol. The number of nitrogens with zero attached hydrogens (tertiary/aromatic N) is 4. The maximum atomic E-state index is 10.8. The predicted octanol–water partition coefficient (Wildman–Crippen LogP) is 2.57. The fourth-order valence-electron chi connectivity index (χ4n) is 2.83. The normalized spacial score (nSPS) is 11.5. The molecule has 0 aliphatic rings. The number of methoxy groups -OCH3 is 1. The van der Waals surface area contributed by atoms with Gasteiger partial charge in [-0.05, 0) is 38.3 Å². The largest absolute Gasteiger partial charge is 0.385 e. The van der Waals surface area contributed by atoms with E-state index in [-0.39, 0.29) is 5.69 Å². The number of aromatic nitrogens is 2. The molecule has 158 valence electrons. The number of aliphatic imine (C=N–C) groups is 1. The molecule has 9 heteroatoms. The SMILES string of the molecule is COCCCNC(=NCc1ccc([N+](=O)[O-])cc1)NCCCn1nc(C)cc1C. The van der Waals surface area contributed by atoms with Gasteiger partial charge in [-0.2, -0.15) is 5.10 Å². The Bertz CT molecular complexity index is 801. The van der Waals surface area contributed by atoms with E-state index < -0.39 is 4.92 Å². The number of guanidine groups is 1. The number of nitro groups is 1. The third kappa shape index (κ3) is 7.90. The lowest BCUT2D eigenvalue weighted by atomic mass is 10.2. The minimum Gasteiger partial charge on any atom is -0.385 e. The van der Waals surface area contributed by atoms with Crippen molar-refractivity contribution in [3.8, 4) is 0 Å². The maximum absolute atomic E-state index is 10.8. The van der Waals surface area contributed by atoms with Crippen LogP contribution >= 0.6 is 0 Å². The summed E-state index contributed by atoms with van der Waals surface area (Å²) in [5.41, 5.74) is 3.18. The summed E-state index contributed by atoms with van der Waals surface area (Å²) in [6, 6.07) is 8.53. The molecule has 9 nitrogen and oxygen atoms in total. The number of hydrogen-bond acceptors (Lipinski definition) is 5. The molecule has 0 spiro atoms. The van der Waals surface area contributed by atoms with Gasteiger partial charge < -0.3 is 15.4 Å². The Kier molecular flexibility index (Phi) is 9.10. The molecule has 0 amide bonds. The number of ether oxygens (including phenoxy) is 1. The van der Waals surface area contributed by atoms with Gasteiger partial charge in [0.2, 0.25) is 0 Å². The molecule has 0 saturated heterocycles. The molecule has 0 aliphatic carbocycles. The molecule has 2 aromatic rings. The summed E-state index contributed by atoms with van der Waals surface area (Å²) in [5.74, 6) is 0.716. The molecular formula is C20H30N6O3. The highest BCUT2D eigenvalue weighted by atomic mass is 16.6. The van der Waals surface area contributed by atoms with Crippen LogP contribution in [0.2, 0.25) is 0 Å². The van der Waals surface area contributed by atoms with Crippen molar-refractivity contribution in [3.63, 3.8) is 0 Å². The standard InChI is InChI=1S/C20H30N6O3/c1-16-14-17(2)25(24-16)12-4-10-21-20(22-11-5-13-29-3)23-15-18-6-8-19(9-7-18)26(27)28/h6-9,14H,4-5,10-13,15H2,1-3H3,(H2,21,22,23). The smallest absolute Gasteiger partial charge is 0.269 e. The van der Waals surface area contributed by atoms with Crippen LogP contribution in [-0.4, -0.2) is 47.5 Å². The van der Waals surface area contributed by atoms with Crippen LogP contribution in [0.1, 0.15) is 29.8 Å². The number of rotatable bonds is 11. The van der Waals surface area contributed by atoms with E-state index in [0.717, 1.165) is 49.4 Å². The number of nitro benzene ring substituents is 1. The quantitative estimate of drug-likeness (QED) is 0.197. The fraction of sp³-hybridized carbons (Fsp3) is 0.500. The highest BCUT2D eigenvalue weighted by Crippen LogP contribution is 2.12. The van der Waals surface area contributed by atoms with Gasteiger partial charge in [-0.3, -0.25) is 14.8 Å². The first-order valence-corrected chi connectivity index (χ1v) is 9.75. The summed E-state index contributed by atoms with van der Waals surface area (Å²) in [4.78, 5) is 15.0. The molecule has 0 aliphatic heterocycles. The van der Waals surface area contributed by atoms with Gasteiger partial charge in [0.15, 0.2) is 5.96 Å². The average Bonchev–Trinajstić information content (AvgIpc) is 3.03. The first-order valence-electron chi connectivity index (χ1n) is 9.75. The zero-order valence-corrected chi connectivity index (χ0v) is 17.4. The van der Waals surface area contributed by atoms with Gasteiger partial charge in [0, 0.05) is 51.2 Å². The second-order valence-electron chi connectivity index (χ2n) is 6.79. The van der Waals surface area contributed by atoms with Gasteiger partial charge in [0.1, 0.15) is 0 Å². The Morgan fingerprint density at radius 2 is 1.90 bits per heavy atom. The first-order chi connectivity index (χ1) is 14.0. The molecule has 2 rings (SSSR count). The zero-order chi connectivity index (χ0) is 21.1. The lowest BCUT2D eigenvalue weighted by molar-refractivity contribution is -0.384. The molecule has 2 N–H and O–H groups in total. The highest BCUT2D eigenvalue weighted by Gasteiger charge is 2.05. The Hall–Kier alpha value is -2.94. The van der Waals surface area contributed by atoms with Crippen molar-refractivity contribution in [2.24, 2.45) is 4.99 Å². The summed E-state index contributed by atoms with van der Waals surface area (Å²) >= 11 is 0. The van der Waals surface area contributed by atoms with E-state index in [4.69, 9.17) is 4.74 Å². The van der Waals surface area contributed by atoms with Crippen LogP contribution in [0.4, 0.5) is 5.69 Å². The van der Waals surface area contributed by atoms with Crippen molar-refractivity contribution < 1.29 is 9.66 Å². The molecule has 0 unspecified atom stereocenters. The summed E-state index contributed by atoms with van der Waals surface area (Å²) in [6.45, 7) is 7.52. The second-order valence-corrected chi connectivity index (χ2v) is 6.79. The van der Waals surface area contributed by atoms with Crippen molar-refractivity contribution in [1.29, 1.82) is 0 Å². The predicted molar refractivity (Wildman–Crippen MR) is 113 cm³/mol. The van der Waals surface area contributed by atoms with Gasteiger partial charge >= 0.3 is 0 Å². The lowest BCUT2D eigenvalue weighted by Gasteiger charge is -2.13. The minimum atomic E-state index is -0.403. The van der Waals surface area contributed by atoms with E-state index in [0.29, 0.717) is 19.1 Å². The van der Waals surface area contributed by atoms with Gasteiger partial charge in [0.05, 0.1) is 17.2 Å². The van der Waals surface area contributed by atoms with E-state index >= 15 is 0 Å². The highest BCUT2D eigenvalue weighted by molar-refractivity contribution is 5.79. The van der Waals surface area contributed by atoms with Crippen molar-refractivity contribution in [3.05, 3.63) is 57.4 Å². The van der Waals surface area contributed by atoms with Gasteiger partial charge in [0.25, 0.3) is 5.69 Å². The van der Waals surface area contributed by atoms with Crippen LogP contribution in [0, 0.1) is 24.0 Å². The van der Waals surface area contributed by atoms with E-state index in [9.17, 15) is 10.1 Å². The Labute approximate surface area is 171 Å². The zero-order valence-electron chi connectivity index (χ0n) is 17.4. The third-order valence-corrected chi connectivity index (χ3v) is 4.33. The van der Waals surface area contributed by atoms with Crippen molar-refractivity contribution >= 4 is 11.6 Å². The third-order valence-electron chi connectivity index (χ3n) is 4.33. The van der Waals surface area contributed by atoms with E-state index in [1.54, 1.807) is 19.2 Å². The minimum absolute atomic E-state index is 0.0814. The van der Waals surface area contributed by atoms with Crippen LogP contribution in [0.25, 0.3) is 0 Å². The summed E-state index contributed by atoms with van der Waals surface area (Å²) in [6.07, 6.45) is 1.79. The monoisotopic (exact) mass is 402 g/mol. The van der Waals surface area contributed by atoms with Gasteiger partial charge in [-0.1, -0.05) is 12.1 Å². The maximum Gasteiger partial charge on any atom is 0.269 e. The summed E-state index contributed by atoms with van der Waals surface area (Å²) in [7, 11) is 1.68. The molecule has 1 aromatic heterocycles. The topological polar surface area (TPSA) is 107 Å². The van der Waals surface area contributed by atoms with Gasteiger partial charge in [-0.25, -0.2) is 4.99 Å². The molecule has 0 atom stereocenters. The van der Waals surface area contributed by atoms with Crippen molar-refractivity contribution in [1.82, 2.24) is 20.4 Å². The van der Waals surface area contributed by atoms with Crippen molar-refractivity contribution in [2.75, 3.05) is 26.8 Å². The van der Waals surface area contributed by atoms with Crippen molar-refractivity contribution in [2.45, 2.75) is 39.8 Å². The fourth-order valence-corrected chi connectivity index (χ4v) is 2.83. The molecule has 0 bridgehead atoms. The molecule has 0 fully saturated rings. The van der Waals surface area contributed by atoms with E-state index in [1.807, 2.05) is 11.6 Å². The van der Waals surface area contributed by atoms with E-state index in [1.165, 1.54) is 12.1 Å². The summed E-state index contributed by atoms with van der Waals surface area (Å²) in [5, 5.41) is 21.9. The van der Waals surface area contributed by atoms with E-state index in [2.05, 4.69) is 33.7 Å². The van der Waals surface area contributed by atoms with Crippen LogP contribution in [0.15, 0.2) is 35.3 Å². The number of nitrogens with one attached hydrogen (secondary N) is 2. The van der Waals surface area contributed by atoms with Crippen LogP contribution in [-0.2, 0) is 17.8 Å². The number of non-ortho nitro benzene ring substituents is 1. The summed E-state index contributed by atoms with van der Waals surface area (Å²) < 4.78 is 7.09. The second kappa shape index (κ2) is 11.8. The first kappa shape index (κ1) is 22.4. The Balaban J connectivity index is 1.87. The average molecular weight is 402 g/mol. The number of hydrogen-bond donors (Lipinski definition) is 2. The molecule has 1 aromatic carbocycles. The molecule has 29 heavy (non-hydrogen) atoms. The lowest BCUT2D eigenvalue weighted by Crippen LogP contribution is -2.39. The molecule has 0 saturated carbocycles. The van der Waals surface area contributed by atoms with Crippen LogP contribution < -0.4 is 10.6 Å².